The van der Waals surface area contributed by atoms with Gasteiger partial charge in [-0.05, 0) is 54.7 Å². The lowest BCUT2D eigenvalue weighted by Gasteiger charge is -2.24. The number of halogens is 1. The van der Waals surface area contributed by atoms with Gasteiger partial charge in [0.2, 0.25) is 11.8 Å². The Balaban J connectivity index is 1.65. The van der Waals surface area contributed by atoms with Gasteiger partial charge in [-0.1, -0.05) is 74.5 Å². The molecule has 0 radical (unpaired) electrons. The van der Waals surface area contributed by atoms with E-state index in [2.05, 4.69) is 10.3 Å². The van der Waals surface area contributed by atoms with E-state index >= 15 is 0 Å². The summed E-state index contributed by atoms with van der Waals surface area (Å²) in [5.41, 5.74) is 2.14. The van der Waals surface area contributed by atoms with Gasteiger partial charge >= 0.3 is 0 Å². The van der Waals surface area contributed by atoms with Gasteiger partial charge in [0.05, 0.1) is 6.20 Å². The van der Waals surface area contributed by atoms with Crippen LogP contribution in [0.4, 0.5) is 10.1 Å². The SMILES string of the molecule is CC[C@@H](C)C(=O)Nc1cnc(-c2ccc(F)cc2)n(CC(=O)N(CCc2ccccc2)CCc2ccccc2)c1=O. The molecular formula is C33H35FN4O3. The van der Waals surface area contributed by atoms with Crippen molar-refractivity contribution in [1.29, 1.82) is 0 Å². The Morgan fingerprint density at radius 1 is 0.902 bits per heavy atom. The van der Waals surface area contributed by atoms with Crippen LogP contribution in [0.1, 0.15) is 31.4 Å². The summed E-state index contributed by atoms with van der Waals surface area (Å²) >= 11 is 0. The second-order valence-corrected chi connectivity index (χ2v) is 10.0. The lowest BCUT2D eigenvalue weighted by atomic mass is 10.1. The number of rotatable bonds is 12. The average Bonchev–Trinajstić information content (AvgIpc) is 3.00. The Bertz CT molecular complexity index is 1460. The number of hydrogen-bond acceptors (Lipinski definition) is 4. The third-order valence-corrected chi connectivity index (χ3v) is 7.14. The van der Waals surface area contributed by atoms with Gasteiger partial charge in [0.15, 0.2) is 0 Å². The molecule has 2 amide bonds. The molecule has 1 N–H and O–H groups in total. The summed E-state index contributed by atoms with van der Waals surface area (Å²) in [5, 5.41) is 2.67. The van der Waals surface area contributed by atoms with Crippen molar-refractivity contribution in [2.45, 2.75) is 39.7 Å². The van der Waals surface area contributed by atoms with Gasteiger partial charge < -0.3 is 10.2 Å². The van der Waals surface area contributed by atoms with Crippen LogP contribution in [-0.2, 0) is 29.0 Å². The molecule has 0 saturated carbocycles. The Labute approximate surface area is 239 Å². The first kappa shape index (κ1) is 29.4. The van der Waals surface area contributed by atoms with E-state index in [1.165, 1.54) is 35.0 Å². The van der Waals surface area contributed by atoms with Gasteiger partial charge in [-0.25, -0.2) is 9.37 Å². The smallest absolute Gasteiger partial charge is 0.278 e. The van der Waals surface area contributed by atoms with Crippen molar-refractivity contribution >= 4 is 17.5 Å². The van der Waals surface area contributed by atoms with Crippen LogP contribution in [0, 0.1) is 11.7 Å². The van der Waals surface area contributed by atoms with Crippen molar-refractivity contribution in [3.05, 3.63) is 118 Å². The van der Waals surface area contributed by atoms with E-state index in [1.54, 1.807) is 11.8 Å². The molecule has 4 aromatic rings. The fourth-order valence-electron chi connectivity index (χ4n) is 4.41. The summed E-state index contributed by atoms with van der Waals surface area (Å²) in [6, 6.07) is 25.4. The first-order chi connectivity index (χ1) is 19.9. The first-order valence-electron chi connectivity index (χ1n) is 13.9. The highest BCUT2D eigenvalue weighted by Crippen LogP contribution is 2.18. The summed E-state index contributed by atoms with van der Waals surface area (Å²) in [5.74, 6) is -1.06. The van der Waals surface area contributed by atoms with Crippen LogP contribution < -0.4 is 10.9 Å². The van der Waals surface area contributed by atoms with Crippen molar-refractivity contribution in [2.75, 3.05) is 18.4 Å². The van der Waals surface area contributed by atoms with Crippen molar-refractivity contribution in [3.63, 3.8) is 0 Å². The van der Waals surface area contributed by atoms with Gasteiger partial charge in [-0.15, -0.1) is 0 Å². The highest BCUT2D eigenvalue weighted by atomic mass is 19.1. The Morgan fingerprint density at radius 3 is 2.00 bits per heavy atom. The number of benzene rings is 3. The Kier molecular flexibility index (Phi) is 10.2. The molecular weight excluding hydrogens is 519 g/mol. The average molecular weight is 555 g/mol. The molecule has 0 aliphatic carbocycles. The molecule has 0 unspecified atom stereocenters. The van der Waals surface area contributed by atoms with Crippen molar-refractivity contribution < 1.29 is 14.0 Å². The first-order valence-corrected chi connectivity index (χ1v) is 13.9. The van der Waals surface area contributed by atoms with E-state index in [-0.39, 0.29) is 35.8 Å². The molecule has 0 fully saturated rings. The Morgan fingerprint density at radius 2 is 1.46 bits per heavy atom. The fourth-order valence-corrected chi connectivity index (χ4v) is 4.41. The van der Waals surface area contributed by atoms with E-state index in [0.29, 0.717) is 37.9 Å². The molecule has 7 nitrogen and oxygen atoms in total. The normalized spacial score (nSPS) is 11.6. The number of hydrogen-bond donors (Lipinski definition) is 1. The third kappa shape index (κ3) is 7.97. The minimum Gasteiger partial charge on any atom is -0.340 e. The summed E-state index contributed by atoms with van der Waals surface area (Å²) in [4.78, 5) is 46.2. The summed E-state index contributed by atoms with van der Waals surface area (Å²) < 4.78 is 14.9. The molecule has 1 aromatic heterocycles. The van der Waals surface area contributed by atoms with Crippen LogP contribution >= 0.6 is 0 Å². The lowest BCUT2D eigenvalue weighted by Crippen LogP contribution is -2.40. The summed E-state index contributed by atoms with van der Waals surface area (Å²) in [7, 11) is 0. The molecule has 41 heavy (non-hydrogen) atoms. The highest BCUT2D eigenvalue weighted by molar-refractivity contribution is 5.92. The number of nitrogens with one attached hydrogen (secondary N) is 1. The summed E-state index contributed by atoms with van der Waals surface area (Å²) in [6.07, 6.45) is 3.22. The number of carbonyl (C=O) groups excluding carboxylic acids is 2. The monoisotopic (exact) mass is 554 g/mol. The molecule has 1 heterocycles. The fraction of sp³-hybridized carbons (Fsp3) is 0.273. The maximum atomic E-state index is 13.8. The van der Waals surface area contributed by atoms with Crippen molar-refractivity contribution in [2.24, 2.45) is 5.92 Å². The van der Waals surface area contributed by atoms with Crippen molar-refractivity contribution in [3.8, 4) is 11.4 Å². The quantitative estimate of drug-likeness (QED) is 0.256. The van der Waals surface area contributed by atoms with Gasteiger partial charge in [0, 0.05) is 24.6 Å². The standard InChI is InChI=1S/C33H35FN4O3/c1-3-24(2)32(40)36-29-22-35-31(27-14-16-28(34)17-15-27)38(33(29)41)23-30(39)37(20-18-25-10-6-4-7-11-25)21-19-26-12-8-5-9-13-26/h4-17,22,24H,3,18-21,23H2,1-2H3,(H,36,40)/t24-/m1/s1. The minimum absolute atomic E-state index is 0.00548. The number of nitrogens with zero attached hydrogens (tertiary/aromatic N) is 3. The molecule has 3 aromatic carbocycles. The van der Waals surface area contributed by atoms with Crippen LogP contribution in [0.3, 0.4) is 0 Å². The molecule has 0 bridgehead atoms. The second-order valence-electron chi connectivity index (χ2n) is 10.0. The van der Waals surface area contributed by atoms with E-state index in [4.69, 9.17) is 0 Å². The van der Waals surface area contributed by atoms with Gasteiger partial charge in [-0.2, -0.15) is 0 Å². The van der Waals surface area contributed by atoms with Gasteiger partial charge in [-0.3, -0.25) is 19.0 Å². The maximum absolute atomic E-state index is 13.8. The molecule has 8 heteroatoms. The molecule has 0 saturated heterocycles. The molecule has 0 spiro atoms. The lowest BCUT2D eigenvalue weighted by molar-refractivity contribution is -0.131. The Hall–Kier alpha value is -4.59. The van der Waals surface area contributed by atoms with E-state index in [1.807, 2.05) is 67.6 Å². The van der Waals surface area contributed by atoms with Gasteiger partial charge in [0.1, 0.15) is 23.9 Å². The maximum Gasteiger partial charge on any atom is 0.278 e. The highest BCUT2D eigenvalue weighted by Gasteiger charge is 2.21. The number of amides is 2. The topological polar surface area (TPSA) is 84.3 Å². The molecule has 0 aliphatic rings. The zero-order valence-corrected chi connectivity index (χ0v) is 23.4. The number of aromatic nitrogens is 2. The molecule has 0 aliphatic heterocycles. The molecule has 4 rings (SSSR count). The zero-order valence-electron chi connectivity index (χ0n) is 23.4. The minimum atomic E-state index is -0.546. The number of carbonyl (C=O) groups is 2. The molecule has 1 atom stereocenters. The predicted molar refractivity (Wildman–Crippen MR) is 159 cm³/mol. The van der Waals surface area contributed by atoms with Crippen LogP contribution in [0.25, 0.3) is 11.4 Å². The van der Waals surface area contributed by atoms with Crippen LogP contribution in [-0.4, -0.2) is 39.4 Å². The van der Waals surface area contributed by atoms with Crippen LogP contribution in [0.15, 0.2) is 95.9 Å². The van der Waals surface area contributed by atoms with E-state index in [0.717, 1.165) is 11.1 Å². The predicted octanol–water partition coefficient (Wildman–Crippen LogP) is 5.35. The van der Waals surface area contributed by atoms with Gasteiger partial charge in [0.25, 0.3) is 5.56 Å². The number of anilines is 1. The van der Waals surface area contributed by atoms with Crippen LogP contribution in [0.5, 0.6) is 0 Å². The summed E-state index contributed by atoms with van der Waals surface area (Å²) in [6.45, 7) is 4.31. The van der Waals surface area contributed by atoms with Crippen LogP contribution in [0.2, 0.25) is 0 Å². The van der Waals surface area contributed by atoms with Crippen molar-refractivity contribution in [1.82, 2.24) is 14.5 Å². The zero-order chi connectivity index (χ0) is 29.2. The third-order valence-electron chi connectivity index (χ3n) is 7.14. The van der Waals surface area contributed by atoms with E-state index in [9.17, 15) is 18.8 Å². The molecule has 212 valence electrons. The second kappa shape index (κ2) is 14.2. The largest absolute Gasteiger partial charge is 0.340 e. The van der Waals surface area contributed by atoms with E-state index < -0.39 is 11.4 Å².